The van der Waals surface area contributed by atoms with Crippen molar-refractivity contribution in [1.82, 2.24) is 0 Å². The molecule has 0 atom stereocenters. The van der Waals surface area contributed by atoms with E-state index in [1.807, 2.05) is 6.26 Å². The molecule has 0 bridgehead atoms. The van der Waals surface area contributed by atoms with E-state index in [4.69, 9.17) is 5.73 Å². The van der Waals surface area contributed by atoms with Gasteiger partial charge < -0.3 is 5.73 Å². The number of nitrogens with two attached hydrogens (primary N) is 1. The molecular formula is C13H12F2N2O2S2. The molecule has 0 aromatic heterocycles. The van der Waals surface area contributed by atoms with Gasteiger partial charge in [0.25, 0.3) is 10.0 Å². The van der Waals surface area contributed by atoms with Crippen LogP contribution in [-0.2, 0) is 10.0 Å². The fourth-order valence-corrected chi connectivity index (χ4v) is 3.25. The Morgan fingerprint density at radius 1 is 1.19 bits per heavy atom. The third kappa shape index (κ3) is 3.27. The number of nitrogen functional groups attached to an aromatic ring is 1. The Morgan fingerprint density at radius 3 is 2.57 bits per heavy atom. The number of halogens is 2. The quantitative estimate of drug-likeness (QED) is 0.667. The highest BCUT2D eigenvalue weighted by molar-refractivity contribution is 7.98. The molecule has 0 amide bonds. The number of anilines is 2. The van der Waals surface area contributed by atoms with Crippen LogP contribution in [0.3, 0.4) is 0 Å². The van der Waals surface area contributed by atoms with E-state index in [1.165, 1.54) is 17.8 Å². The average molecular weight is 330 g/mol. The minimum Gasteiger partial charge on any atom is -0.394 e. The molecule has 21 heavy (non-hydrogen) atoms. The number of thioether (sulfide) groups is 1. The summed E-state index contributed by atoms with van der Waals surface area (Å²) in [6.45, 7) is 0. The van der Waals surface area contributed by atoms with E-state index < -0.39 is 32.2 Å². The number of sulfonamides is 1. The molecule has 0 saturated carbocycles. The Labute approximate surface area is 125 Å². The summed E-state index contributed by atoms with van der Waals surface area (Å²) in [5, 5.41) is 0. The van der Waals surface area contributed by atoms with Crippen molar-refractivity contribution in [3.8, 4) is 0 Å². The fourth-order valence-electron chi connectivity index (χ4n) is 1.65. The van der Waals surface area contributed by atoms with Crippen LogP contribution in [0.2, 0.25) is 0 Å². The van der Waals surface area contributed by atoms with E-state index in [2.05, 4.69) is 4.72 Å². The summed E-state index contributed by atoms with van der Waals surface area (Å²) < 4.78 is 53.4. The van der Waals surface area contributed by atoms with Gasteiger partial charge in [-0.1, -0.05) is 6.07 Å². The van der Waals surface area contributed by atoms with Crippen LogP contribution in [0.4, 0.5) is 20.2 Å². The Bertz CT molecular complexity index is 780. The molecule has 0 aliphatic heterocycles. The van der Waals surface area contributed by atoms with Crippen LogP contribution in [0.15, 0.2) is 46.2 Å². The van der Waals surface area contributed by atoms with Gasteiger partial charge in [0, 0.05) is 10.6 Å². The molecule has 0 saturated heterocycles. The zero-order valence-electron chi connectivity index (χ0n) is 10.9. The first-order valence-corrected chi connectivity index (χ1v) is 8.46. The summed E-state index contributed by atoms with van der Waals surface area (Å²) in [6.07, 6.45) is 1.84. The van der Waals surface area contributed by atoms with E-state index in [9.17, 15) is 17.2 Å². The van der Waals surface area contributed by atoms with Crippen molar-refractivity contribution >= 4 is 33.2 Å². The summed E-state index contributed by atoms with van der Waals surface area (Å²) in [5.74, 6) is -2.31. The molecule has 2 aromatic carbocycles. The second kappa shape index (κ2) is 5.90. The third-order valence-corrected chi connectivity index (χ3v) is 4.83. The summed E-state index contributed by atoms with van der Waals surface area (Å²) in [5.41, 5.74) is 4.63. The molecule has 3 N–H and O–H groups in total. The second-order valence-corrected chi connectivity index (χ2v) is 6.64. The molecule has 2 rings (SSSR count). The Hall–Kier alpha value is -1.80. The third-order valence-electron chi connectivity index (χ3n) is 2.70. The molecule has 0 aliphatic rings. The predicted octanol–water partition coefficient (Wildman–Crippen LogP) is 3.07. The first kappa shape index (κ1) is 15.6. The number of rotatable bonds is 4. The van der Waals surface area contributed by atoms with Crippen molar-refractivity contribution in [3.05, 3.63) is 48.0 Å². The molecule has 0 fully saturated rings. The zero-order chi connectivity index (χ0) is 15.6. The lowest BCUT2D eigenvalue weighted by Gasteiger charge is -2.11. The van der Waals surface area contributed by atoms with Crippen molar-refractivity contribution in [2.45, 2.75) is 9.79 Å². The number of nitrogens with one attached hydrogen (secondary N) is 1. The van der Waals surface area contributed by atoms with Gasteiger partial charge in [0.05, 0.1) is 0 Å². The van der Waals surface area contributed by atoms with Crippen LogP contribution in [0.1, 0.15) is 0 Å². The van der Waals surface area contributed by atoms with Crippen molar-refractivity contribution in [2.24, 2.45) is 0 Å². The molecule has 0 unspecified atom stereocenters. The summed E-state index contributed by atoms with van der Waals surface area (Å²) in [6, 6.07) is 8.25. The van der Waals surface area contributed by atoms with Gasteiger partial charge in [-0.2, -0.15) is 0 Å². The number of benzene rings is 2. The van der Waals surface area contributed by atoms with Crippen LogP contribution >= 0.6 is 11.8 Å². The molecule has 0 spiro atoms. The lowest BCUT2D eigenvalue weighted by Crippen LogP contribution is -2.16. The van der Waals surface area contributed by atoms with E-state index in [-0.39, 0.29) is 5.69 Å². The van der Waals surface area contributed by atoms with Crippen molar-refractivity contribution in [2.75, 3.05) is 16.7 Å². The summed E-state index contributed by atoms with van der Waals surface area (Å²) >= 11 is 1.43. The molecule has 4 nitrogen and oxygen atoms in total. The summed E-state index contributed by atoms with van der Waals surface area (Å²) in [7, 11) is -4.19. The molecule has 112 valence electrons. The minimum atomic E-state index is -4.19. The number of hydrogen-bond donors (Lipinski definition) is 2. The maximum atomic E-state index is 13.8. The largest absolute Gasteiger partial charge is 0.394 e. The van der Waals surface area contributed by atoms with Gasteiger partial charge in [-0.05, 0) is 36.6 Å². The first-order chi connectivity index (χ1) is 9.85. The zero-order valence-corrected chi connectivity index (χ0v) is 12.6. The predicted molar refractivity (Wildman–Crippen MR) is 79.8 cm³/mol. The van der Waals surface area contributed by atoms with Crippen LogP contribution in [0.25, 0.3) is 0 Å². The smallest absolute Gasteiger partial charge is 0.264 e. The maximum Gasteiger partial charge on any atom is 0.264 e. The SMILES string of the molecule is CSc1cccc(NS(=O)(=O)c2ccc(F)c(N)c2F)c1. The van der Waals surface area contributed by atoms with Gasteiger partial charge in [-0.3, -0.25) is 4.72 Å². The van der Waals surface area contributed by atoms with Gasteiger partial charge in [0.1, 0.15) is 16.4 Å². The normalized spacial score (nSPS) is 11.4. The van der Waals surface area contributed by atoms with Gasteiger partial charge >= 0.3 is 0 Å². The van der Waals surface area contributed by atoms with Crippen LogP contribution in [0, 0.1) is 11.6 Å². The molecular weight excluding hydrogens is 318 g/mol. The lowest BCUT2D eigenvalue weighted by molar-refractivity contribution is 0.557. The van der Waals surface area contributed by atoms with Crippen molar-refractivity contribution < 1.29 is 17.2 Å². The molecule has 0 radical (unpaired) electrons. The molecule has 0 heterocycles. The van der Waals surface area contributed by atoms with Crippen LogP contribution < -0.4 is 10.5 Å². The molecule has 8 heteroatoms. The van der Waals surface area contributed by atoms with Crippen molar-refractivity contribution in [3.63, 3.8) is 0 Å². The highest BCUT2D eigenvalue weighted by Crippen LogP contribution is 2.26. The van der Waals surface area contributed by atoms with E-state index >= 15 is 0 Å². The Kier molecular flexibility index (Phi) is 4.38. The van der Waals surface area contributed by atoms with E-state index in [0.29, 0.717) is 0 Å². The van der Waals surface area contributed by atoms with Gasteiger partial charge in [0.15, 0.2) is 5.82 Å². The average Bonchev–Trinajstić information content (AvgIpc) is 2.44. The van der Waals surface area contributed by atoms with Gasteiger partial charge in [-0.15, -0.1) is 11.8 Å². The number of hydrogen-bond acceptors (Lipinski definition) is 4. The van der Waals surface area contributed by atoms with Gasteiger partial charge in [0.2, 0.25) is 0 Å². The van der Waals surface area contributed by atoms with Gasteiger partial charge in [-0.25, -0.2) is 17.2 Å². The van der Waals surface area contributed by atoms with Crippen molar-refractivity contribution in [1.29, 1.82) is 0 Å². The minimum absolute atomic E-state index is 0.282. The fraction of sp³-hybridized carbons (Fsp3) is 0.0769. The van der Waals surface area contributed by atoms with E-state index in [1.54, 1.807) is 18.2 Å². The Morgan fingerprint density at radius 2 is 1.90 bits per heavy atom. The Balaban J connectivity index is 2.41. The molecule has 0 aliphatic carbocycles. The first-order valence-electron chi connectivity index (χ1n) is 5.75. The monoisotopic (exact) mass is 330 g/mol. The van der Waals surface area contributed by atoms with Crippen LogP contribution in [0.5, 0.6) is 0 Å². The standard InChI is InChI=1S/C13H12F2N2O2S2/c1-20-9-4-2-3-8(7-9)17-21(18,19)11-6-5-10(14)13(16)12(11)15/h2-7,17H,16H2,1H3. The maximum absolute atomic E-state index is 13.8. The topological polar surface area (TPSA) is 72.2 Å². The highest BCUT2D eigenvalue weighted by Gasteiger charge is 2.22. The molecule has 2 aromatic rings. The highest BCUT2D eigenvalue weighted by atomic mass is 32.2. The van der Waals surface area contributed by atoms with Crippen LogP contribution in [-0.4, -0.2) is 14.7 Å². The second-order valence-electron chi connectivity index (χ2n) is 4.11. The summed E-state index contributed by atoms with van der Waals surface area (Å²) in [4.78, 5) is 0.144. The lowest BCUT2D eigenvalue weighted by atomic mass is 10.3. The van der Waals surface area contributed by atoms with E-state index in [0.717, 1.165) is 17.0 Å².